The van der Waals surface area contributed by atoms with Crippen LogP contribution in [0.15, 0.2) is 24.3 Å². The largest absolute Gasteiger partial charge is 0.321 e. The van der Waals surface area contributed by atoms with Gasteiger partial charge in [-0.3, -0.25) is 0 Å². The molecule has 0 aromatic heterocycles. The summed E-state index contributed by atoms with van der Waals surface area (Å²) in [5, 5.41) is 0. The Labute approximate surface area is 94.7 Å². The molecule has 0 radical (unpaired) electrons. The second kappa shape index (κ2) is 4.50. The van der Waals surface area contributed by atoms with Crippen molar-refractivity contribution in [3.63, 3.8) is 0 Å². The Kier molecular flexibility index (Phi) is 3.24. The highest BCUT2D eigenvalue weighted by Crippen LogP contribution is 2.38. The molecule has 1 aliphatic carbocycles. The van der Waals surface area contributed by atoms with Crippen LogP contribution in [-0.2, 0) is 12.0 Å². The number of benzene rings is 1. The van der Waals surface area contributed by atoms with Gasteiger partial charge in [0.05, 0.1) is 0 Å². The normalized spacial score (nSPS) is 19.2. The highest BCUT2D eigenvalue weighted by Gasteiger charge is 2.33. The quantitative estimate of drug-likeness (QED) is 0.839. The fourth-order valence-electron chi connectivity index (χ4n) is 2.63. The molecule has 0 aliphatic heterocycles. The third-order valence-electron chi connectivity index (χ3n) is 3.42. The average molecular weight is 225 g/mol. The first-order valence-corrected chi connectivity index (χ1v) is 5.77. The van der Waals surface area contributed by atoms with E-state index in [0.29, 0.717) is 5.56 Å². The first-order valence-electron chi connectivity index (χ1n) is 5.77. The van der Waals surface area contributed by atoms with E-state index < -0.39 is 6.43 Å². The molecule has 1 nitrogen and oxygen atoms in total. The maximum absolute atomic E-state index is 12.5. The van der Waals surface area contributed by atoms with Gasteiger partial charge in [-0.25, -0.2) is 8.78 Å². The van der Waals surface area contributed by atoms with Crippen molar-refractivity contribution < 1.29 is 8.78 Å². The lowest BCUT2D eigenvalue weighted by Crippen LogP contribution is -2.34. The number of nitrogens with two attached hydrogens (primary N) is 1. The van der Waals surface area contributed by atoms with Crippen LogP contribution in [0.2, 0.25) is 0 Å². The Morgan fingerprint density at radius 2 is 1.81 bits per heavy atom. The lowest BCUT2D eigenvalue weighted by Gasteiger charge is -2.27. The summed E-state index contributed by atoms with van der Waals surface area (Å²) in [6.45, 7) is 0. The second-order valence-electron chi connectivity index (χ2n) is 4.62. The molecule has 2 rings (SSSR count). The minimum absolute atomic E-state index is 0.185. The minimum atomic E-state index is -2.30. The lowest BCUT2D eigenvalue weighted by molar-refractivity contribution is 0.148. The van der Waals surface area contributed by atoms with Crippen molar-refractivity contribution in [1.82, 2.24) is 0 Å². The first kappa shape index (κ1) is 11.5. The Morgan fingerprint density at radius 3 is 2.44 bits per heavy atom. The molecule has 1 aromatic carbocycles. The lowest BCUT2D eigenvalue weighted by atomic mass is 9.85. The number of alkyl halides is 2. The van der Waals surface area contributed by atoms with Crippen molar-refractivity contribution >= 4 is 0 Å². The second-order valence-corrected chi connectivity index (χ2v) is 4.62. The van der Waals surface area contributed by atoms with E-state index in [1.54, 1.807) is 12.1 Å². The van der Waals surface area contributed by atoms with Gasteiger partial charge < -0.3 is 5.73 Å². The topological polar surface area (TPSA) is 26.0 Å². The summed E-state index contributed by atoms with van der Waals surface area (Å²) < 4.78 is 24.9. The van der Waals surface area contributed by atoms with Gasteiger partial charge in [0.2, 0.25) is 6.43 Å². The molecule has 3 heteroatoms. The molecular formula is C13H17F2N. The van der Waals surface area contributed by atoms with Crippen molar-refractivity contribution in [2.45, 2.75) is 44.1 Å². The summed E-state index contributed by atoms with van der Waals surface area (Å²) in [7, 11) is 0. The maximum Gasteiger partial charge on any atom is 0.242 e. The van der Waals surface area contributed by atoms with Crippen molar-refractivity contribution in [3.05, 3.63) is 35.4 Å². The molecule has 1 saturated carbocycles. The summed E-state index contributed by atoms with van der Waals surface area (Å²) in [5.74, 6) is 0. The average Bonchev–Trinajstić information content (AvgIpc) is 2.66. The third kappa shape index (κ3) is 2.24. The molecule has 1 aliphatic rings. The molecular weight excluding hydrogens is 208 g/mol. The zero-order valence-corrected chi connectivity index (χ0v) is 9.26. The zero-order valence-electron chi connectivity index (χ0n) is 9.26. The van der Waals surface area contributed by atoms with E-state index in [-0.39, 0.29) is 12.0 Å². The van der Waals surface area contributed by atoms with E-state index in [1.165, 1.54) is 0 Å². The monoisotopic (exact) mass is 225 g/mol. The fourth-order valence-corrected chi connectivity index (χ4v) is 2.63. The van der Waals surface area contributed by atoms with Crippen LogP contribution in [0, 0.1) is 0 Å². The third-order valence-corrected chi connectivity index (χ3v) is 3.42. The van der Waals surface area contributed by atoms with Gasteiger partial charge in [-0.1, -0.05) is 37.1 Å². The number of rotatable bonds is 3. The minimum Gasteiger partial charge on any atom is -0.321 e. The molecule has 1 aromatic rings. The molecule has 0 amide bonds. The van der Waals surface area contributed by atoms with Crippen LogP contribution < -0.4 is 5.73 Å². The molecule has 0 unspecified atom stereocenters. The van der Waals surface area contributed by atoms with Crippen LogP contribution >= 0.6 is 0 Å². The molecule has 0 heterocycles. The van der Waals surface area contributed by atoms with Gasteiger partial charge in [-0.15, -0.1) is 0 Å². The van der Waals surface area contributed by atoms with E-state index in [9.17, 15) is 8.78 Å². The highest BCUT2D eigenvalue weighted by atomic mass is 19.3. The van der Waals surface area contributed by atoms with Crippen LogP contribution in [0.3, 0.4) is 0 Å². The Hall–Kier alpha value is -0.960. The molecule has 16 heavy (non-hydrogen) atoms. The number of halogens is 2. The molecule has 2 N–H and O–H groups in total. The summed E-state index contributed by atoms with van der Waals surface area (Å²) in [6.07, 6.45) is 1.53. The molecule has 0 spiro atoms. The van der Waals surface area contributed by atoms with Crippen LogP contribution in [0.1, 0.15) is 36.8 Å². The smallest absolute Gasteiger partial charge is 0.242 e. The van der Waals surface area contributed by atoms with E-state index >= 15 is 0 Å². The van der Waals surface area contributed by atoms with E-state index in [2.05, 4.69) is 0 Å². The van der Waals surface area contributed by atoms with Crippen molar-refractivity contribution in [3.8, 4) is 0 Å². The molecule has 1 fully saturated rings. The van der Waals surface area contributed by atoms with E-state index in [0.717, 1.165) is 31.2 Å². The predicted molar refractivity (Wildman–Crippen MR) is 60.5 cm³/mol. The molecule has 0 atom stereocenters. The number of hydrogen-bond acceptors (Lipinski definition) is 1. The molecule has 0 bridgehead atoms. The summed E-state index contributed by atoms with van der Waals surface area (Å²) in [6, 6.07) is 7.37. The van der Waals surface area contributed by atoms with Gasteiger partial charge in [0.1, 0.15) is 0 Å². The molecule has 0 saturated heterocycles. The Morgan fingerprint density at radius 1 is 1.19 bits per heavy atom. The van der Waals surface area contributed by atoms with Crippen LogP contribution in [0.25, 0.3) is 0 Å². The van der Waals surface area contributed by atoms with Gasteiger partial charge >= 0.3 is 0 Å². The van der Waals surface area contributed by atoms with Gasteiger partial charge in [0, 0.05) is 12.0 Å². The Balaban J connectivity index is 2.32. The van der Waals surface area contributed by atoms with Crippen LogP contribution in [0.4, 0.5) is 8.78 Å². The van der Waals surface area contributed by atoms with Crippen molar-refractivity contribution in [2.75, 3.05) is 0 Å². The highest BCUT2D eigenvalue weighted by molar-refractivity contribution is 5.34. The summed E-state index contributed by atoms with van der Waals surface area (Å²) >= 11 is 0. The van der Waals surface area contributed by atoms with E-state index in [4.69, 9.17) is 5.73 Å². The number of hydrogen-bond donors (Lipinski definition) is 1. The van der Waals surface area contributed by atoms with Crippen LogP contribution in [-0.4, -0.2) is 6.43 Å². The first-order chi connectivity index (χ1) is 7.62. The Bertz CT molecular complexity index is 357. The van der Waals surface area contributed by atoms with Crippen LogP contribution in [0.5, 0.6) is 0 Å². The van der Waals surface area contributed by atoms with Gasteiger partial charge in [0.15, 0.2) is 0 Å². The fraction of sp³-hybridized carbons (Fsp3) is 0.538. The predicted octanol–water partition coefficient (Wildman–Crippen LogP) is 3.22. The SMILES string of the molecule is NC1(c2ccccc2CC(F)F)CCCC1. The van der Waals surface area contributed by atoms with Crippen molar-refractivity contribution in [2.24, 2.45) is 5.73 Å². The molecule has 88 valence electrons. The van der Waals surface area contributed by atoms with Gasteiger partial charge in [-0.05, 0) is 24.0 Å². The summed E-state index contributed by atoms with van der Waals surface area (Å²) in [4.78, 5) is 0. The standard InChI is InChI=1S/C13H17F2N/c14-12(15)9-10-5-1-2-6-11(10)13(16)7-3-4-8-13/h1-2,5-6,12H,3-4,7-9,16H2. The van der Waals surface area contributed by atoms with E-state index in [1.807, 2.05) is 12.1 Å². The van der Waals surface area contributed by atoms with Crippen molar-refractivity contribution in [1.29, 1.82) is 0 Å². The zero-order chi connectivity index (χ0) is 11.6. The van der Waals surface area contributed by atoms with Gasteiger partial charge in [0.25, 0.3) is 0 Å². The maximum atomic E-state index is 12.5. The van der Waals surface area contributed by atoms with Gasteiger partial charge in [-0.2, -0.15) is 0 Å². The summed E-state index contributed by atoms with van der Waals surface area (Å²) in [5.41, 5.74) is 7.58.